The molecule has 0 saturated carbocycles. The van der Waals surface area contributed by atoms with Crippen molar-refractivity contribution in [3.8, 4) is 5.75 Å². The van der Waals surface area contributed by atoms with Crippen LogP contribution >= 0.6 is 15.9 Å². The zero-order valence-corrected chi connectivity index (χ0v) is 19.4. The molecule has 182 valence electrons. The molecule has 0 aliphatic heterocycles. The number of alkyl halides is 2. The van der Waals surface area contributed by atoms with Crippen LogP contribution in [0.2, 0.25) is 0 Å². The summed E-state index contributed by atoms with van der Waals surface area (Å²) in [5.41, 5.74) is 6.67. The van der Waals surface area contributed by atoms with E-state index in [-0.39, 0.29) is 25.0 Å². The van der Waals surface area contributed by atoms with Gasteiger partial charge in [-0.2, -0.15) is 0 Å². The summed E-state index contributed by atoms with van der Waals surface area (Å²) < 4.78 is 48.1. The third kappa shape index (κ3) is 8.70. The number of nitrogens with one attached hydrogen (secondary N) is 2. The lowest BCUT2D eigenvalue weighted by atomic mass is 9.98. The SMILES string of the molecule is C.CCNCC(F)(F)CN=C(N)NC(=O)c1cccc(F)c1CCc1cc(Br)ccc1OC. The number of ether oxygens (including phenoxy) is 1. The highest BCUT2D eigenvalue weighted by Gasteiger charge is 2.28. The number of nitrogens with two attached hydrogens (primary N) is 1. The van der Waals surface area contributed by atoms with E-state index in [1.807, 2.05) is 12.1 Å². The Bertz CT molecular complexity index is 971. The molecule has 0 fully saturated rings. The first kappa shape index (κ1) is 28.4. The number of aryl methyl sites for hydroxylation is 1. The summed E-state index contributed by atoms with van der Waals surface area (Å²) in [7, 11) is 1.54. The number of rotatable bonds is 10. The average molecular weight is 531 g/mol. The number of amides is 1. The minimum Gasteiger partial charge on any atom is -0.496 e. The number of nitrogens with zero attached hydrogens (tertiary/aromatic N) is 1. The standard InChI is InChI=1S/C22H26BrF3N4O2.CH4/c1-3-28-12-22(25,26)13-29-21(27)30-20(31)17-5-4-6-18(24)16(17)9-7-14-11-15(23)8-10-19(14)32-2;/h4-6,8,10-11,28H,3,7,9,12-13H2,1-2H3,(H3,27,29,30,31);1H4. The maximum atomic E-state index is 14.5. The number of guanidine groups is 1. The Hall–Kier alpha value is -2.59. The Morgan fingerprint density at radius 2 is 1.97 bits per heavy atom. The summed E-state index contributed by atoms with van der Waals surface area (Å²) in [6.45, 7) is 0.656. The molecular weight excluding hydrogens is 501 g/mol. The summed E-state index contributed by atoms with van der Waals surface area (Å²) in [5.74, 6) is -4.21. The van der Waals surface area contributed by atoms with Gasteiger partial charge in [0.25, 0.3) is 11.8 Å². The zero-order valence-electron chi connectivity index (χ0n) is 17.9. The van der Waals surface area contributed by atoms with Gasteiger partial charge in [0.15, 0.2) is 5.96 Å². The minimum atomic E-state index is -3.11. The van der Waals surface area contributed by atoms with E-state index in [4.69, 9.17) is 10.5 Å². The number of carbonyl (C=O) groups excluding carboxylic acids is 1. The van der Waals surface area contributed by atoms with Gasteiger partial charge in [0.05, 0.1) is 13.7 Å². The van der Waals surface area contributed by atoms with E-state index in [1.165, 1.54) is 18.2 Å². The van der Waals surface area contributed by atoms with E-state index >= 15 is 0 Å². The van der Waals surface area contributed by atoms with Crippen molar-refractivity contribution in [3.05, 3.63) is 63.4 Å². The molecule has 0 aromatic heterocycles. The summed E-state index contributed by atoms with van der Waals surface area (Å²) in [4.78, 5) is 16.2. The van der Waals surface area contributed by atoms with E-state index in [2.05, 4.69) is 31.6 Å². The summed E-state index contributed by atoms with van der Waals surface area (Å²) >= 11 is 3.40. The molecule has 1 amide bonds. The molecule has 0 unspecified atom stereocenters. The molecule has 4 N–H and O–H groups in total. The van der Waals surface area contributed by atoms with Gasteiger partial charge in [0.2, 0.25) is 0 Å². The molecule has 0 saturated heterocycles. The monoisotopic (exact) mass is 530 g/mol. The second-order valence-electron chi connectivity index (χ2n) is 7.01. The molecule has 0 spiro atoms. The Balaban J connectivity index is 0.00000544. The fourth-order valence-corrected chi connectivity index (χ4v) is 3.42. The van der Waals surface area contributed by atoms with Crippen LogP contribution in [0, 0.1) is 5.82 Å². The van der Waals surface area contributed by atoms with Gasteiger partial charge in [-0.25, -0.2) is 18.2 Å². The number of aliphatic imine (C=N–C) groups is 1. The molecule has 2 aromatic rings. The van der Waals surface area contributed by atoms with Crippen molar-refractivity contribution in [1.29, 1.82) is 0 Å². The zero-order chi connectivity index (χ0) is 23.7. The van der Waals surface area contributed by atoms with Crippen molar-refractivity contribution in [2.24, 2.45) is 10.7 Å². The van der Waals surface area contributed by atoms with Crippen molar-refractivity contribution in [2.45, 2.75) is 33.1 Å². The molecule has 0 radical (unpaired) electrons. The highest BCUT2D eigenvalue weighted by molar-refractivity contribution is 9.10. The number of benzene rings is 2. The maximum absolute atomic E-state index is 14.5. The van der Waals surface area contributed by atoms with Gasteiger partial charge in [0.1, 0.15) is 18.1 Å². The fraction of sp³-hybridized carbons (Fsp3) is 0.391. The van der Waals surface area contributed by atoms with E-state index in [1.54, 1.807) is 20.1 Å². The predicted molar refractivity (Wildman–Crippen MR) is 129 cm³/mol. The van der Waals surface area contributed by atoms with Gasteiger partial charge < -0.3 is 15.8 Å². The van der Waals surface area contributed by atoms with Crippen LogP contribution in [0.15, 0.2) is 45.9 Å². The number of hydrogen-bond donors (Lipinski definition) is 3. The van der Waals surface area contributed by atoms with Gasteiger partial charge in [-0.3, -0.25) is 10.1 Å². The topological polar surface area (TPSA) is 88.7 Å². The van der Waals surface area contributed by atoms with Crippen molar-refractivity contribution >= 4 is 27.8 Å². The molecular formula is C23H30BrF3N4O2. The third-order valence-electron chi connectivity index (χ3n) is 4.61. The van der Waals surface area contributed by atoms with E-state index in [0.717, 1.165) is 10.0 Å². The van der Waals surface area contributed by atoms with Gasteiger partial charge in [-0.05, 0) is 55.3 Å². The van der Waals surface area contributed by atoms with Gasteiger partial charge in [-0.1, -0.05) is 36.3 Å². The first-order valence-corrected chi connectivity index (χ1v) is 10.8. The maximum Gasteiger partial charge on any atom is 0.279 e. The normalized spacial score (nSPS) is 11.6. The first-order valence-electron chi connectivity index (χ1n) is 9.96. The van der Waals surface area contributed by atoms with Crippen LogP contribution in [0.25, 0.3) is 0 Å². The Morgan fingerprint density at radius 3 is 2.64 bits per heavy atom. The van der Waals surface area contributed by atoms with Gasteiger partial charge >= 0.3 is 0 Å². The van der Waals surface area contributed by atoms with E-state index < -0.39 is 36.7 Å². The van der Waals surface area contributed by atoms with Crippen LogP contribution < -0.4 is 21.1 Å². The van der Waals surface area contributed by atoms with Crippen LogP contribution in [0.4, 0.5) is 13.2 Å². The van der Waals surface area contributed by atoms with Crippen LogP contribution in [0.3, 0.4) is 0 Å². The first-order chi connectivity index (χ1) is 15.2. The number of halogens is 4. The second kappa shape index (κ2) is 13.2. The summed E-state index contributed by atoms with van der Waals surface area (Å²) in [6.07, 6.45) is 0.615. The summed E-state index contributed by atoms with van der Waals surface area (Å²) in [6, 6.07) is 9.57. The van der Waals surface area contributed by atoms with Crippen LogP contribution in [0.5, 0.6) is 5.75 Å². The largest absolute Gasteiger partial charge is 0.496 e. The van der Waals surface area contributed by atoms with Gasteiger partial charge in [-0.15, -0.1) is 0 Å². The molecule has 0 aliphatic carbocycles. The lowest BCUT2D eigenvalue weighted by Crippen LogP contribution is -2.40. The highest BCUT2D eigenvalue weighted by atomic mass is 79.9. The molecule has 0 aliphatic rings. The number of methoxy groups -OCH3 is 1. The fourth-order valence-electron chi connectivity index (χ4n) is 3.02. The van der Waals surface area contributed by atoms with Crippen molar-refractivity contribution < 1.29 is 22.7 Å². The average Bonchev–Trinajstić information content (AvgIpc) is 2.75. The molecule has 2 rings (SSSR count). The molecule has 33 heavy (non-hydrogen) atoms. The predicted octanol–water partition coefficient (Wildman–Crippen LogP) is 4.31. The second-order valence-corrected chi connectivity index (χ2v) is 7.93. The quantitative estimate of drug-likeness (QED) is 0.315. The van der Waals surface area contributed by atoms with Crippen molar-refractivity contribution in [1.82, 2.24) is 10.6 Å². The third-order valence-corrected chi connectivity index (χ3v) is 5.10. The van der Waals surface area contributed by atoms with Crippen LogP contribution in [-0.2, 0) is 12.8 Å². The van der Waals surface area contributed by atoms with Crippen LogP contribution in [0.1, 0.15) is 35.8 Å². The highest BCUT2D eigenvalue weighted by Crippen LogP contribution is 2.25. The smallest absolute Gasteiger partial charge is 0.279 e. The lowest BCUT2D eigenvalue weighted by molar-refractivity contribution is 0.0128. The van der Waals surface area contributed by atoms with Crippen molar-refractivity contribution in [3.63, 3.8) is 0 Å². The Kier molecular flexibility index (Phi) is 11.4. The molecule has 0 heterocycles. The lowest BCUT2D eigenvalue weighted by Gasteiger charge is -2.15. The molecule has 6 nitrogen and oxygen atoms in total. The van der Waals surface area contributed by atoms with Crippen LogP contribution in [-0.4, -0.2) is 44.5 Å². The molecule has 2 aromatic carbocycles. The van der Waals surface area contributed by atoms with E-state index in [0.29, 0.717) is 18.7 Å². The number of hydrogen-bond acceptors (Lipinski definition) is 4. The van der Waals surface area contributed by atoms with Gasteiger partial charge in [0, 0.05) is 15.6 Å². The summed E-state index contributed by atoms with van der Waals surface area (Å²) in [5, 5.41) is 4.79. The van der Waals surface area contributed by atoms with Crippen molar-refractivity contribution in [2.75, 3.05) is 26.7 Å². The van der Waals surface area contributed by atoms with E-state index in [9.17, 15) is 18.0 Å². The minimum absolute atomic E-state index is 0. The molecule has 0 bridgehead atoms. The number of carbonyl (C=O) groups is 1. The molecule has 0 atom stereocenters. The molecule has 10 heteroatoms. The Labute approximate surface area is 200 Å². The Morgan fingerprint density at radius 1 is 1.24 bits per heavy atom.